The number of carbonyl (C=O) groups is 1. The zero-order valence-corrected chi connectivity index (χ0v) is 18.8. The van der Waals surface area contributed by atoms with Gasteiger partial charge in [0.15, 0.2) is 0 Å². The molecule has 3 aromatic rings. The molecule has 0 atom stereocenters. The molecule has 162 valence electrons. The smallest absolute Gasteiger partial charge is 0.338 e. The summed E-state index contributed by atoms with van der Waals surface area (Å²) in [5.74, 6) is -1.10. The highest BCUT2D eigenvalue weighted by molar-refractivity contribution is 7.92. The number of methoxy groups -OCH3 is 1. The highest BCUT2D eigenvalue weighted by atomic mass is 35.5. The molecule has 0 N–H and O–H groups in total. The fourth-order valence-corrected chi connectivity index (χ4v) is 4.89. The van der Waals surface area contributed by atoms with Gasteiger partial charge < -0.3 is 4.74 Å². The van der Waals surface area contributed by atoms with Gasteiger partial charge in [0.1, 0.15) is 5.82 Å². The van der Waals surface area contributed by atoms with E-state index in [1.807, 2.05) is 0 Å². The van der Waals surface area contributed by atoms with E-state index in [1.54, 1.807) is 50.2 Å². The number of rotatable bonds is 6. The van der Waals surface area contributed by atoms with Crippen LogP contribution < -0.4 is 4.31 Å². The van der Waals surface area contributed by atoms with E-state index in [-0.39, 0.29) is 22.0 Å². The number of aryl methyl sites for hydroxylation is 1. The molecule has 0 radical (unpaired) electrons. The molecule has 8 heteroatoms. The van der Waals surface area contributed by atoms with Crippen molar-refractivity contribution in [3.8, 4) is 11.1 Å². The van der Waals surface area contributed by atoms with Gasteiger partial charge in [0, 0.05) is 6.54 Å². The molecule has 0 aliphatic rings. The Kier molecular flexibility index (Phi) is 6.67. The number of hydrogen-bond acceptors (Lipinski definition) is 4. The van der Waals surface area contributed by atoms with Gasteiger partial charge in [-0.05, 0) is 66.9 Å². The van der Waals surface area contributed by atoms with Crippen molar-refractivity contribution in [2.75, 3.05) is 18.0 Å². The maximum Gasteiger partial charge on any atom is 0.338 e. The van der Waals surface area contributed by atoms with Crippen molar-refractivity contribution in [1.82, 2.24) is 0 Å². The first-order valence-corrected chi connectivity index (χ1v) is 11.3. The average Bonchev–Trinajstić information content (AvgIpc) is 2.76. The van der Waals surface area contributed by atoms with Gasteiger partial charge in [-0.2, -0.15) is 0 Å². The van der Waals surface area contributed by atoms with Crippen LogP contribution in [0.2, 0.25) is 5.02 Å². The van der Waals surface area contributed by atoms with Crippen molar-refractivity contribution in [3.63, 3.8) is 0 Å². The summed E-state index contributed by atoms with van der Waals surface area (Å²) in [5, 5.41) is 0.0140. The van der Waals surface area contributed by atoms with Gasteiger partial charge in [-0.25, -0.2) is 17.6 Å². The number of sulfonamides is 1. The minimum atomic E-state index is -3.92. The Bertz CT molecular complexity index is 1230. The second kappa shape index (κ2) is 9.08. The number of anilines is 1. The van der Waals surface area contributed by atoms with E-state index < -0.39 is 21.8 Å². The monoisotopic (exact) mass is 461 g/mol. The third-order valence-corrected chi connectivity index (χ3v) is 7.09. The fourth-order valence-electron chi connectivity index (χ4n) is 3.21. The maximum atomic E-state index is 13.4. The summed E-state index contributed by atoms with van der Waals surface area (Å²) in [6, 6.07) is 15.6. The first-order valence-electron chi connectivity index (χ1n) is 9.46. The van der Waals surface area contributed by atoms with Crippen LogP contribution in [-0.2, 0) is 14.8 Å². The minimum Gasteiger partial charge on any atom is -0.465 e. The van der Waals surface area contributed by atoms with E-state index in [4.69, 9.17) is 16.3 Å². The molecule has 0 unspecified atom stereocenters. The molecule has 0 bridgehead atoms. The lowest BCUT2D eigenvalue weighted by Gasteiger charge is -2.23. The van der Waals surface area contributed by atoms with Crippen LogP contribution in [0.15, 0.2) is 65.6 Å². The highest BCUT2D eigenvalue weighted by Gasteiger charge is 2.25. The summed E-state index contributed by atoms with van der Waals surface area (Å²) >= 11 is 5.86. The Morgan fingerprint density at radius 2 is 1.68 bits per heavy atom. The van der Waals surface area contributed by atoms with Crippen LogP contribution in [-0.4, -0.2) is 28.0 Å². The summed E-state index contributed by atoms with van der Waals surface area (Å²) in [6.45, 7) is 3.62. The molecule has 31 heavy (non-hydrogen) atoms. The van der Waals surface area contributed by atoms with Crippen LogP contribution in [0.5, 0.6) is 0 Å². The van der Waals surface area contributed by atoms with Crippen LogP contribution in [0.4, 0.5) is 10.1 Å². The molecule has 3 rings (SSSR count). The molecule has 3 aromatic carbocycles. The SMILES string of the molecule is CCN(c1ccc(-c2ccc(F)c(Cl)c2)cc1)S(=O)(=O)c1ccc(C)c(C(=O)OC)c1. The van der Waals surface area contributed by atoms with Crippen LogP contribution >= 0.6 is 11.6 Å². The molecule has 0 saturated heterocycles. The largest absolute Gasteiger partial charge is 0.465 e. The topological polar surface area (TPSA) is 63.7 Å². The lowest BCUT2D eigenvalue weighted by atomic mass is 10.1. The van der Waals surface area contributed by atoms with Crippen LogP contribution in [0.1, 0.15) is 22.8 Å². The molecular formula is C23H21ClFNO4S. The predicted octanol–water partition coefficient (Wildman–Crippen LogP) is 5.46. The van der Waals surface area contributed by atoms with Gasteiger partial charge in [-0.15, -0.1) is 0 Å². The summed E-state index contributed by atoms with van der Waals surface area (Å²) in [7, 11) is -2.67. The molecule has 0 aliphatic heterocycles. The van der Waals surface area contributed by atoms with Crippen molar-refractivity contribution in [2.24, 2.45) is 0 Å². The summed E-state index contributed by atoms with van der Waals surface area (Å²) in [6.07, 6.45) is 0. The first kappa shape index (κ1) is 22.8. The Labute approximate surface area is 186 Å². The Morgan fingerprint density at radius 3 is 2.26 bits per heavy atom. The molecule has 0 aliphatic carbocycles. The normalized spacial score (nSPS) is 11.3. The molecule has 0 fully saturated rings. The number of carbonyl (C=O) groups excluding carboxylic acids is 1. The predicted molar refractivity (Wildman–Crippen MR) is 120 cm³/mol. The standard InChI is InChI=1S/C23H21ClFNO4S/c1-4-26(31(28,29)19-11-5-15(2)20(14-19)23(27)30-3)18-9-6-16(7-10-18)17-8-12-22(25)21(24)13-17/h5-14H,4H2,1-3H3. The number of halogens is 2. The van der Waals surface area contributed by atoms with Gasteiger partial charge in [0.05, 0.1) is 28.3 Å². The van der Waals surface area contributed by atoms with Crippen molar-refractivity contribution in [3.05, 3.63) is 82.6 Å². The van der Waals surface area contributed by atoms with Crippen molar-refractivity contribution >= 4 is 33.3 Å². The average molecular weight is 462 g/mol. The van der Waals surface area contributed by atoms with Crippen molar-refractivity contribution in [1.29, 1.82) is 0 Å². The number of hydrogen-bond donors (Lipinski definition) is 0. The number of nitrogens with zero attached hydrogens (tertiary/aromatic N) is 1. The Balaban J connectivity index is 1.97. The molecule has 0 heterocycles. The summed E-state index contributed by atoms with van der Waals surface area (Å²) in [4.78, 5) is 12.0. The number of ether oxygens (including phenoxy) is 1. The molecule has 0 saturated carbocycles. The molecule has 0 amide bonds. The van der Waals surface area contributed by atoms with E-state index in [1.165, 1.54) is 35.7 Å². The molecule has 5 nitrogen and oxygen atoms in total. The van der Waals surface area contributed by atoms with Gasteiger partial charge in [0.2, 0.25) is 0 Å². The lowest BCUT2D eigenvalue weighted by molar-refractivity contribution is 0.0599. The second-order valence-corrected chi connectivity index (χ2v) is 9.08. The third-order valence-electron chi connectivity index (χ3n) is 4.90. The van der Waals surface area contributed by atoms with E-state index in [9.17, 15) is 17.6 Å². The van der Waals surface area contributed by atoms with E-state index in [0.29, 0.717) is 16.8 Å². The van der Waals surface area contributed by atoms with Crippen molar-refractivity contribution in [2.45, 2.75) is 18.7 Å². The first-order chi connectivity index (χ1) is 14.7. The fraction of sp³-hybridized carbons (Fsp3) is 0.174. The van der Waals surface area contributed by atoms with Gasteiger partial charge in [-0.3, -0.25) is 4.31 Å². The minimum absolute atomic E-state index is 0.00487. The van der Waals surface area contributed by atoms with E-state index >= 15 is 0 Å². The van der Waals surface area contributed by atoms with Crippen molar-refractivity contribution < 1.29 is 22.3 Å². The summed E-state index contributed by atoms with van der Waals surface area (Å²) < 4.78 is 46.0. The Hall–Kier alpha value is -2.90. The lowest BCUT2D eigenvalue weighted by Crippen LogP contribution is -2.31. The quantitative estimate of drug-likeness (QED) is 0.457. The van der Waals surface area contributed by atoms with Gasteiger partial charge >= 0.3 is 5.97 Å². The molecular weight excluding hydrogens is 441 g/mol. The number of esters is 1. The number of benzene rings is 3. The maximum absolute atomic E-state index is 13.4. The Morgan fingerprint density at radius 1 is 1.03 bits per heavy atom. The zero-order chi connectivity index (χ0) is 22.8. The molecule has 0 aromatic heterocycles. The highest BCUT2D eigenvalue weighted by Crippen LogP contribution is 2.29. The third kappa shape index (κ3) is 4.57. The molecule has 0 spiro atoms. The van der Waals surface area contributed by atoms with E-state index in [0.717, 1.165) is 5.56 Å². The van der Waals surface area contributed by atoms with E-state index in [2.05, 4.69) is 0 Å². The van der Waals surface area contributed by atoms with Crippen LogP contribution in [0.3, 0.4) is 0 Å². The van der Waals surface area contributed by atoms with Crippen LogP contribution in [0.25, 0.3) is 11.1 Å². The van der Waals surface area contributed by atoms with Gasteiger partial charge in [-0.1, -0.05) is 35.9 Å². The summed E-state index contributed by atoms with van der Waals surface area (Å²) in [5.41, 5.74) is 2.76. The van der Waals surface area contributed by atoms with Gasteiger partial charge in [0.25, 0.3) is 10.0 Å². The second-order valence-electron chi connectivity index (χ2n) is 6.81. The zero-order valence-electron chi connectivity index (χ0n) is 17.2. The van der Waals surface area contributed by atoms with Crippen LogP contribution in [0, 0.1) is 12.7 Å².